The van der Waals surface area contributed by atoms with E-state index >= 15 is 0 Å². The molecule has 0 unspecified atom stereocenters. The number of carbonyl (C=O) groups is 1. The first-order valence-electron chi connectivity index (χ1n) is 10.7. The highest BCUT2D eigenvalue weighted by molar-refractivity contribution is 6.04. The van der Waals surface area contributed by atoms with E-state index in [4.69, 9.17) is 9.47 Å². The van der Waals surface area contributed by atoms with Crippen molar-refractivity contribution >= 4 is 11.6 Å². The van der Waals surface area contributed by atoms with Gasteiger partial charge in [0.2, 0.25) is 5.88 Å². The van der Waals surface area contributed by atoms with Crippen LogP contribution in [0.15, 0.2) is 89.7 Å². The normalized spacial score (nSPS) is 11.1. The Bertz CT molecular complexity index is 1420. The molecule has 184 valence electrons. The number of aromatic nitrogens is 2. The largest absolute Gasteiger partial charge is 0.497 e. The lowest BCUT2D eigenvalue weighted by Crippen LogP contribution is -2.21. The van der Waals surface area contributed by atoms with Gasteiger partial charge in [0.05, 0.1) is 24.0 Å². The van der Waals surface area contributed by atoms with Gasteiger partial charge in [-0.15, -0.1) is 5.10 Å². The zero-order chi connectivity index (χ0) is 25.7. The third kappa shape index (κ3) is 5.72. The van der Waals surface area contributed by atoms with Crippen molar-refractivity contribution in [2.45, 2.75) is 12.8 Å². The predicted molar refractivity (Wildman–Crippen MR) is 127 cm³/mol. The first kappa shape index (κ1) is 24.5. The second kappa shape index (κ2) is 10.3. The van der Waals surface area contributed by atoms with Gasteiger partial charge in [0.1, 0.15) is 12.4 Å². The Morgan fingerprint density at radius 2 is 1.64 bits per heavy atom. The van der Waals surface area contributed by atoms with E-state index in [0.29, 0.717) is 11.4 Å². The van der Waals surface area contributed by atoms with E-state index < -0.39 is 23.2 Å². The summed E-state index contributed by atoms with van der Waals surface area (Å²) in [7, 11) is 1.57. The molecule has 1 aromatic heterocycles. The van der Waals surface area contributed by atoms with Gasteiger partial charge >= 0.3 is 6.18 Å². The van der Waals surface area contributed by atoms with E-state index in [1.165, 1.54) is 54.6 Å². The van der Waals surface area contributed by atoms with Crippen molar-refractivity contribution in [2.75, 3.05) is 12.4 Å². The molecule has 0 saturated heterocycles. The van der Waals surface area contributed by atoms with Gasteiger partial charge in [0.15, 0.2) is 0 Å². The van der Waals surface area contributed by atoms with Crippen LogP contribution in [0.25, 0.3) is 5.69 Å². The minimum atomic E-state index is -4.61. The number of alkyl halides is 3. The molecule has 0 bridgehead atoms. The maximum atomic E-state index is 13.2. The van der Waals surface area contributed by atoms with Crippen LogP contribution in [0.2, 0.25) is 0 Å². The number of carbonyl (C=O) groups excluding carboxylic acids is 1. The molecule has 7 nitrogen and oxygen atoms in total. The molecule has 0 spiro atoms. The molecule has 0 saturated carbocycles. The highest BCUT2D eigenvalue weighted by atomic mass is 19.4. The SMILES string of the molecule is COc1ccc(COc2ccc(=O)n(-c3ccc(C(=O)Nc4ccccc4C(F)(F)F)cc3)n2)cc1. The minimum Gasteiger partial charge on any atom is -0.497 e. The number of amides is 1. The molecule has 0 fully saturated rings. The molecular weight excluding hydrogens is 475 g/mol. The third-order valence-corrected chi connectivity index (χ3v) is 5.18. The fourth-order valence-corrected chi connectivity index (χ4v) is 3.32. The van der Waals surface area contributed by atoms with Crippen molar-refractivity contribution in [3.05, 3.63) is 112 Å². The maximum absolute atomic E-state index is 13.2. The van der Waals surface area contributed by atoms with Crippen LogP contribution in [0.4, 0.5) is 18.9 Å². The van der Waals surface area contributed by atoms with Crippen LogP contribution in [0.3, 0.4) is 0 Å². The lowest BCUT2D eigenvalue weighted by atomic mass is 10.1. The fourth-order valence-electron chi connectivity index (χ4n) is 3.32. The van der Waals surface area contributed by atoms with E-state index in [1.807, 2.05) is 12.1 Å². The summed E-state index contributed by atoms with van der Waals surface area (Å²) in [4.78, 5) is 24.9. The van der Waals surface area contributed by atoms with Gasteiger partial charge in [0, 0.05) is 17.7 Å². The Labute approximate surface area is 203 Å². The lowest BCUT2D eigenvalue weighted by Gasteiger charge is -2.13. The monoisotopic (exact) mass is 495 g/mol. The van der Waals surface area contributed by atoms with E-state index in [1.54, 1.807) is 19.2 Å². The molecule has 0 aliphatic heterocycles. The predicted octanol–water partition coefficient (Wildman–Crippen LogP) is 5.09. The highest BCUT2D eigenvalue weighted by Gasteiger charge is 2.33. The second-order valence-corrected chi connectivity index (χ2v) is 7.60. The summed E-state index contributed by atoms with van der Waals surface area (Å²) >= 11 is 0. The molecule has 0 aliphatic carbocycles. The maximum Gasteiger partial charge on any atom is 0.418 e. The number of benzene rings is 3. The third-order valence-electron chi connectivity index (χ3n) is 5.18. The summed E-state index contributed by atoms with van der Waals surface area (Å²) in [6, 6.07) is 20.4. The number of halogens is 3. The summed E-state index contributed by atoms with van der Waals surface area (Å²) in [6.07, 6.45) is -4.61. The molecule has 1 N–H and O–H groups in total. The van der Waals surface area contributed by atoms with Gasteiger partial charge < -0.3 is 14.8 Å². The van der Waals surface area contributed by atoms with Gasteiger partial charge in [-0.05, 0) is 54.1 Å². The zero-order valence-corrected chi connectivity index (χ0v) is 19.0. The molecule has 10 heteroatoms. The first-order valence-corrected chi connectivity index (χ1v) is 10.7. The van der Waals surface area contributed by atoms with Crippen molar-refractivity contribution in [3.8, 4) is 17.3 Å². The van der Waals surface area contributed by atoms with Gasteiger partial charge in [-0.2, -0.15) is 17.9 Å². The van der Waals surface area contributed by atoms with Gasteiger partial charge in [0.25, 0.3) is 11.5 Å². The van der Waals surface area contributed by atoms with Crippen molar-refractivity contribution in [1.29, 1.82) is 0 Å². The van der Waals surface area contributed by atoms with E-state index in [9.17, 15) is 22.8 Å². The van der Waals surface area contributed by atoms with Crippen molar-refractivity contribution < 1.29 is 27.4 Å². The summed E-state index contributed by atoms with van der Waals surface area (Å²) < 4.78 is 51.5. The standard InChI is InChI=1S/C26H20F3N3O4/c1-35-20-12-6-17(7-13-20)16-36-23-14-15-24(33)32(31-23)19-10-8-18(9-11-19)25(34)30-22-5-3-2-4-21(22)26(27,28)29/h2-15H,16H2,1H3,(H,30,34). The van der Waals surface area contributed by atoms with Crippen molar-refractivity contribution in [3.63, 3.8) is 0 Å². The van der Waals surface area contributed by atoms with Gasteiger partial charge in [-0.25, -0.2) is 0 Å². The van der Waals surface area contributed by atoms with Crippen LogP contribution < -0.4 is 20.3 Å². The summed E-state index contributed by atoms with van der Waals surface area (Å²) in [6.45, 7) is 0.216. The van der Waals surface area contributed by atoms with Gasteiger partial charge in [-0.3, -0.25) is 9.59 Å². The number of methoxy groups -OCH3 is 1. The Morgan fingerprint density at radius 3 is 2.31 bits per heavy atom. The smallest absolute Gasteiger partial charge is 0.418 e. The van der Waals surface area contributed by atoms with E-state index in [0.717, 1.165) is 16.3 Å². The summed E-state index contributed by atoms with van der Waals surface area (Å²) in [5.74, 6) is 0.193. The first-order chi connectivity index (χ1) is 17.2. The number of ether oxygens (including phenoxy) is 2. The molecule has 1 heterocycles. The topological polar surface area (TPSA) is 82.5 Å². The Hall–Kier alpha value is -4.60. The number of nitrogens with one attached hydrogen (secondary N) is 1. The van der Waals surface area contributed by atoms with Crippen LogP contribution in [0, 0.1) is 0 Å². The molecule has 1 amide bonds. The number of anilines is 1. The summed E-state index contributed by atoms with van der Waals surface area (Å²) in [5, 5.41) is 6.49. The van der Waals surface area contributed by atoms with Crippen LogP contribution >= 0.6 is 0 Å². The number of hydrogen-bond donors (Lipinski definition) is 1. The molecule has 0 atom stereocenters. The molecule has 3 aromatic carbocycles. The average Bonchev–Trinajstić information content (AvgIpc) is 2.88. The Morgan fingerprint density at radius 1 is 0.944 bits per heavy atom. The second-order valence-electron chi connectivity index (χ2n) is 7.60. The molecule has 36 heavy (non-hydrogen) atoms. The van der Waals surface area contributed by atoms with Crippen LogP contribution in [0.5, 0.6) is 11.6 Å². The quantitative estimate of drug-likeness (QED) is 0.386. The number of hydrogen-bond acceptors (Lipinski definition) is 5. The molecule has 4 rings (SSSR count). The number of rotatable bonds is 7. The molecule has 4 aromatic rings. The minimum absolute atomic E-state index is 0.107. The Kier molecular flexibility index (Phi) is 7.05. The summed E-state index contributed by atoms with van der Waals surface area (Å²) in [5.41, 5.74) is -0.394. The van der Waals surface area contributed by atoms with Gasteiger partial charge in [-0.1, -0.05) is 24.3 Å². The Balaban J connectivity index is 1.48. The fraction of sp³-hybridized carbons (Fsp3) is 0.115. The number of para-hydroxylation sites is 1. The van der Waals surface area contributed by atoms with Crippen molar-refractivity contribution in [2.24, 2.45) is 0 Å². The lowest BCUT2D eigenvalue weighted by molar-refractivity contribution is -0.136. The van der Waals surface area contributed by atoms with Crippen molar-refractivity contribution in [1.82, 2.24) is 9.78 Å². The van der Waals surface area contributed by atoms with Crippen LogP contribution in [-0.4, -0.2) is 22.8 Å². The highest BCUT2D eigenvalue weighted by Crippen LogP contribution is 2.34. The van der Waals surface area contributed by atoms with E-state index in [-0.39, 0.29) is 23.7 Å². The molecule has 0 aliphatic rings. The molecule has 0 radical (unpaired) electrons. The number of nitrogens with zero attached hydrogens (tertiary/aromatic N) is 2. The average molecular weight is 495 g/mol. The van der Waals surface area contributed by atoms with Crippen LogP contribution in [0.1, 0.15) is 21.5 Å². The molecular formula is C26H20F3N3O4. The van der Waals surface area contributed by atoms with Crippen LogP contribution in [-0.2, 0) is 12.8 Å². The zero-order valence-electron chi connectivity index (χ0n) is 19.0. The van der Waals surface area contributed by atoms with E-state index in [2.05, 4.69) is 10.4 Å².